The van der Waals surface area contributed by atoms with Crippen LogP contribution in [0.3, 0.4) is 0 Å². The van der Waals surface area contributed by atoms with E-state index in [4.69, 9.17) is 0 Å². The van der Waals surface area contributed by atoms with Gasteiger partial charge >= 0.3 is 0 Å². The number of benzene rings is 2. The second-order valence-electron chi connectivity index (χ2n) is 10.5. The first kappa shape index (κ1) is 28.6. The maximum atomic E-state index is 14.2. The lowest BCUT2D eigenvalue weighted by molar-refractivity contribution is 0.0520. The molecule has 0 radical (unpaired) electrons. The first-order valence-corrected chi connectivity index (χ1v) is 16.5. The molecular weight excluding hydrogens is 601 g/mol. The number of aryl methyl sites for hydroxylation is 1. The van der Waals surface area contributed by atoms with E-state index in [-0.39, 0.29) is 27.5 Å². The molecule has 4 aromatic rings. The lowest BCUT2D eigenvalue weighted by Crippen LogP contribution is -2.35. The monoisotopic (exact) mass is 627 g/mol. The molecule has 2 aliphatic rings. The Hall–Kier alpha value is -3.55. The number of amides is 1. The number of alkyl halides is 2. The number of carbonyl (C=O) groups is 1. The number of nitrogens with one attached hydrogen (secondary N) is 2. The van der Waals surface area contributed by atoms with Gasteiger partial charge < -0.3 is 5.32 Å². The Labute approximate surface area is 250 Å². The molecule has 2 aliphatic carbocycles. The summed E-state index contributed by atoms with van der Waals surface area (Å²) in [5.41, 5.74) is 2.91. The minimum atomic E-state index is -3.83. The van der Waals surface area contributed by atoms with Crippen molar-refractivity contribution in [3.63, 3.8) is 0 Å². The van der Waals surface area contributed by atoms with Crippen LogP contribution in [0.25, 0.3) is 10.6 Å². The Balaban J connectivity index is 1.11. The highest BCUT2D eigenvalue weighted by molar-refractivity contribution is 7.93. The predicted octanol–water partition coefficient (Wildman–Crippen LogP) is 6.21. The summed E-state index contributed by atoms with van der Waals surface area (Å²) in [5.74, 6) is -2.94. The van der Waals surface area contributed by atoms with Crippen molar-refractivity contribution in [2.75, 3.05) is 4.72 Å². The van der Waals surface area contributed by atoms with Gasteiger partial charge in [0.25, 0.3) is 21.9 Å². The average Bonchev–Trinajstić information content (AvgIpc) is 3.36. The molecule has 1 fully saturated rings. The fraction of sp³-hybridized carbons (Fsp3) is 0.310. The number of thiazole rings is 1. The molecule has 1 atom stereocenters. The number of hydrogen-bond donors (Lipinski definition) is 2. The number of nitrogens with zero attached hydrogens (tertiary/aromatic N) is 3. The van der Waals surface area contributed by atoms with Crippen molar-refractivity contribution >= 4 is 43.7 Å². The quantitative estimate of drug-likeness (QED) is 0.213. The van der Waals surface area contributed by atoms with Crippen LogP contribution in [0.5, 0.6) is 0 Å². The molecule has 218 valence electrons. The number of fused-ring (bicyclic) bond motifs is 1. The van der Waals surface area contributed by atoms with Crippen LogP contribution in [-0.2, 0) is 28.8 Å². The first-order chi connectivity index (χ1) is 20.0. The van der Waals surface area contributed by atoms with Gasteiger partial charge in [0.15, 0.2) is 0 Å². The van der Waals surface area contributed by atoms with Crippen LogP contribution in [0.2, 0.25) is 0 Å². The number of aromatic nitrogens is 3. The van der Waals surface area contributed by atoms with Gasteiger partial charge in [0, 0.05) is 23.1 Å². The van der Waals surface area contributed by atoms with Crippen LogP contribution in [0, 0.1) is 6.92 Å². The van der Waals surface area contributed by atoms with Crippen LogP contribution in [-0.4, -0.2) is 35.5 Å². The Morgan fingerprint density at radius 3 is 2.50 bits per heavy atom. The molecule has 6 rings (SSSR count). The van der Waals surface area contributed by atoms with Crippen LogP contribution < -0.4 is 10.0 Å². The highest BCUT2D eigenvalue weighted by Gasteiger charge is 2.30. The average molecular weight is 628 g/mol. The summed E-state index contributed by atoms with van der Waals surface area (Å²) in [5, 5.41) is 12.8. The Kier molecular flexibility index (Phi) is 7.44. The van der Waals surface area contributed by atoms with Gasteiger partial charge in [-0.1, -0.05) is 47.7 Å². The van der Waals surface area contributed by atoms with Gasteiger partial charge in [-0.3, -0.25) is 9.52 Å². The van der Waals surface area contributed by atoms with E-state index in [1.54, 1.807) is 44.2 Å². The van der Waals surface area contributed by atoms with E-state index < -0.39 is 15.9 Å². The van der Waals surface area contributed by atoms with Crippen LogP contribution >= 0.6 is 22.7 Å². The number of rotatable bonds is 9. The number of sulfonamides is 1. The Morgan fingerprint density at radius 1 is 1.05 bits per heavy atom. The maximum Gasteiger partial charge on any atom is 0.291 e. The summed E-state index contributed by atoms with van der Waals surface area (Å²) in [6.45, 7) is 3.28. The van der Waals surface area contributed by atoms with Gasteiger partial charge in [0.2, 0.25) is 5.13 Å². The van der Waals surface area contributed by atoms with E-state index in [2.05, 4.69) is 25.2 Å². The maximum absolute atomic E-state index is 14.2. The molecule has 2 aromatic carbocycles. The minimum Gasteiger partial charge on any atom is -0.348 e. The number of halogens is 2. The summed E-state index contributed by atoms with van der Waals surface area (Å²) in [6, 6.07) is 10.7. The summed E-state index contributed by atoms with van der Waals surface area (Å²) in [6.07, 6.45) is 5.34. The third kappa shape index (κ3) is 5.86. The number of anilines is 1. The van der Waals surface area contributed by atoms with Crippen LogP contribution in [0.1, 0.15) is 62.7 Å². The number of carbonyl (C=O) groups excluding carboxylic acids is 1. The van der Waals surface area contributed by atoms with Crippen LogP contribution in [0.15, 0.2) is 59.5 Å². The van der Waals surface area contributed by atoms with Crippen molar-refractivity contribution in [3.8, 4) is 10.6 Å². The van der Waals surface area contributed by atoms with Crippen molar-refractivity contribution in [2.24, 2.45) is 0 Å². The summed E-state index contributed by atoms with van der Waals surface area (Å²) >= 11 is 2.47. The molecule has 0 spiro atoms. The largest absolute Gasteiger partial charge is 0.348 e. The SMILES string of the molecule is C/C=C/C(F)(F)c1ccc(-c2nc(C)c(C(=O)NC3Cc4ccc(S(=O)(=O)Nc5nnc(C6CC6)s5)cc4C3)s2)cc1. The van der Waals surface area contributed by atoms with Gasteiger partial charge in [-0.15, -0.1) is 21.5 Å². The van der Waals surface area contributed by atoms with E-state index >= 15 is 0 Å². The van der Waals surface area contributed by atoms with Crippen molar-refractivity contribution in [2.45, 2.75) is 62.3 Å². The Bertz CT molecular complexity index is 1790. The van der Waals surface area contributed by atoms with Gasteiger partial charge in [0.1, 0.15) is 14.9 Å². The molecule has 1 unspecified atom stereocenters. The molecule has 2 heterocycles. The molecule has 1 saturated carbocycles. The van der Waals surface area contributed by atoms with E-state index in [1.165, 1.54) is 40.9 Å². The zero-order chi connectivity index (χ0) is 29.6. The predicted molar refractivity (Wildman–Crippen MR) is 159 cm³/mol. The zero-order valence-electron chi connectivity index (χ0n) is 22.7. The van der Waals surface area contributed by atoms with Crippen molar-refractivity contribution in [1.29, 1.82) is 0 Å². The molecule has 0 aliphatic heterocycles. The van der Waals surface area contributed by atoms with Gasteiger partial charge in [-0.25, -0.2) is 13.4 Å². The fourth-order valence-electron chi connectivity index (χ4n) is 4.93. The lowest BCUT2D eigenvalue weighted by Gasteiger charge is -2.12. The van der Waals surface area contributed by atoms with E-state index in [9.17, 15) is 22.0 Å². The standard InChI is InChI=1S/C29H27F2N5O3S3/c1-3-12-29(30,31)21-9-6-17(7-10-21)26-32-16(2)24(40-26)25(37)33-22-13-19-8-11-23(15-20(19)14-22)42(38,39)36-28-35-34-27(41-28)18-4-5-18/h3,6-12,15,18,22H,4-5,13-14H2,1-2H3,(H,33,37)(H,35,36)/b12-3+. The molecule has 2 N–H and O–H groups in total. The first-order valence-electron chi connectivity index (χ1n) is 13.4. The summed E-state index contributed by atoms with van der Waals surface area (Å²) in [4.78, 5) is 18.3. The molecule has 8 nitrogen and oxygen atoms in total. The molecule has 0 bridgehead atoms. The third-order valence-corrected chi connectivity index (χ3v) is 10.9. The van der Waals surface area contributed by atoms with E-state index in [0.717, 1.165) is 35.1 Å². The number of allylic oxidation sites excluding steroid dienone is 2. The van der Waals surface area contributed by atoms with Crippen molar-refractivity contribution < 1.29 is 22.0 Å². The third-order valence-electron chi connectivity index (χ3n) is 7.24. The normalized spacial score (nSPS) is 17.0. The van der Waals surface area contributed by atoms with Crippen molar-refractivity contribution in [1.82, 2.24) is 20.5 Å². The highest BCUT2D eigenvalue weighted by Crippen LogP contribution is 2.42. The van der Waals surface area contributed by atoms with Gasteiger partial charge in [-0.2, -0.15) is 8.78 Å². The molecule has 42 heavy (non-hydrogen) atoms. The smallest absolute Gasteiger partial charge is 0.291 e. The fourth-order valence-corrected chi connectivity index (χ4v) is 8.10. The Morgan fingerprint density at radius 2 is 1.79 bits per heavy atom. The molecule has 13 heteroatoms. The molecule has 1 amide bonds. The van der Waals surface area contributed by atoms with E-state index in [1.807, 2.05) is 0 Å². The van der Waals surface area contributed by atoms with Gasteiger partial charge in [-0.05, 0) is 68.9 Å². The molecular formula is C29H27F2N5O3S3. The number of hydrogen-bond acceptors (Lipinski definition) is 8. The second-order valence-corrected chi connectivity index (χ2v) is 14.2. The topological polar surface area (TPSA) is 114 Å². The summed E-state index contributed by atoms with van der Waals surface area (Å²) < 4.78 is 56.9. The van der Waals surface area contributed by atoms with Crippen molar-refractivity contribution in [3.05, 3.63) is 86.9 Å². The highest BCUT2D eigenvalue weighted by atomic mass is 32.2. The molecule has 0 saturated heterocycles. The summed E-state index contributed by atoms with van der Waals surface area (Å²) in [7, 11) is -3.83. The lowest BCUT2D eigenvalue weighted by atomic mass is 10.1. The molecule has 2 aromatic heterocycles. The van der Waals surface area contributed by atoms with Crippen LogP contribution in [0.4, 0.5) is 13.9 Å². The minimum absolute atomic E-state index is 0.119. The second kappa shape index (κ2) is 10.9. The zero-order valence-corrected chi connectivity index (χ0v) is 25.2. The van der Waals surface area contributed by atoms with E-state index in [0.29, 0.717) is 39.9 Å². The van der Waals surface area contributed by atoms with Gasteiger partial charge in [0.05, 0.1) is 10.6 Å².